The summed E-state index contributed by atoms with van der Waals surface area (Å²) in [4.78, 5) is 11.1. The van der Waals surface area contributed by atoms with Gasteiger partial charge in [0, 0.05) is 25.1 Å². The Labute approximate surface area is 125 Å². The van der Waals surface area contributed by atoms with Crippen molar-refractivity contribution < 1.29 is 5.11 Å². The van der Waals surface area contributed by atoms with E-state index in [4.69, 9.17) is 11.6 Å². The van der Waals surface area contributed by atoms with Gasteiger partial charge in [0.15, 0.2) is 0 Å². The molecule has 2 aliphatic carbocycles. The van der Waals surface area contributed by atoms with Crippen molar-refractivity contribution in [1.82, 2.24) is 9.97 Å². The first-order chi connectivity index (χ1) is 9.48. The molecule has 0 aliphatic heterocycles. The van der Waals surface area contributed by atoms with Crippen LogP contribution >= 0.6 is 11.6 Å². The molecule has 0 unspecified atom stereocenters. The molecule has 0 radical (unpaired) electrons. The van der Waals surface area contributed by atoms with E-state index in [1.807, 2.05) is 18.9 Å². The lowest BCUT2D eigenvalue weighted by atomic mass is 10.0. The van der Waals surface area contributed by atoms with Crippen LogP contribution in [0, 0.1) is 6.92 Å². The molecule has 0 aromatic carbocycles. The normalized spacial score (nSPS) is 21.2. The lowest BCUT2D eigenvalue weighted by Crippen LogP contribution is -2.40. The maximum Gasteiger partial charge on any atom is 0.137 e. The molecule has 1 aromatic heterocycles. The second-order valence-electron chi connectivity index (χ2n) is 6.38. The van der Waals surface area contributed by atoms with Crippen molar-refractivity contribution in [2.75, 3.05) is 18.5 Å². The van der Waals surface area contributed by atoms with Crippen molar-refractivity contribution in [2.45, 2.75) is 57.0 Å². The lowest BCUT2D eigenvalue weighted by molar-refractivity contribution is 0.0557. The van der Waals surface area contributed by atoms with Crippen molar-refractivity contribution >= 4 is 17.4 Å². The van der Waals surface area contributed by atoms with Gasteiger partial charge in [0.05, 0.1) is 5.60 Å². The highest BCUT2D eigenvalue weighted by Gasteiger charge is 2.34. The van der Waals surface area contributed by atoms with Crippen LogP contribution in [0.1, 0.15) is 55.8 Å². The number of nitrogens with zero attached hydrogens (tertiary/aromatic N) is 3. The summed E-state index contributed by atoms with van der Waals surface area (Å²) in [6.07, 6.45) is 6.30. The summed E-state index contributed by atoms with van der Waals surface area (Å²) in [6.45, 7) is 2.56. The van der Waals surface area contributed by atoms with Crippen molar-refractivity contribution in [2.24, 2.45) is 0 Å². The first kappa shape index (κ1) is 14.1. The molecular formula is C15H22ClN3O. The molecule has 1 N–H and O–H groups in total. The number of aromatic nitrogens is 2. The first-order valence-corrected chi connectivity index (χ1v) is 7.84. The molecule has 4 nitrogen and oxygen atoms in total. The van der Waals surface area contributed by atoms with Gasteiger partial charge in [0.1, 0.15) is 16.8 Å². The minimum atomic E-state index is -0.571. The molecule has 1 heterocycles. The average Bonchev–Trinajstić information content (AvgIpc) is 3.16. The van der Waals surface area contributed by atoms with Gasteiger partial charge >= 0.3 is 0 Å². The average molecular weight is 296 g/mol. The quantitative estimate of drug-likeness (QED) is 0.867. The number of likely N-dealkylation sites (N-methyl/N-ethyl adjacent to an activating group) is 1. The van der Waals surface area contributed by atoms with E-state index in [2.05, 4.69) is 9.97 Å². The summed E-state index contributed by atoms with van der Waals surface area (Å²) in [7, 11) is 1.98. The van der Waals surface area contributed by atoms with Crippen LogP contribution in [-0.4, -0.2) is 34.3 Å². The highest BCUT2D eigenvalue weighted by Crippen LogP contribution is 2.40. The second-order valence-corrected chi connectivity index (χ2v) is 6.74. The molecular weight excluding hydrogens is 274 g/mol. The predicted octanol–water partition coefficient (Wildman–Crippen LogP) is 3.06. The zero-order valence-corrected chi connectivity index (χ0v) is 12.9. The molecule has 0 amide bonds. The number of halogens is 1. The van der Waals surface area contributed by atoms with Gasteiger partial charge < -0.3 is 10.0 Å². The monoisotopic (exact) mass is 295 g/mol. The van der Waals surface area contributed by atoms with E-state index < -0.39 is 5.60 Å². The largest absolute Gasteiger partial charge is 0.388 e. The Morgan fingerprint density at radius 3 is 2.55 bits per heavy atom. The van der Waals surface area contributed by atoms with Crippen LogP contribution in [0.3, 0.4) is 0 Å². The van der Waals surface area contributed by atoms with Crippen molar-refractivity contribution in [1.29, 1.82) is 0 Å². The van der Waals surface area contributed by atoms with E-state index in [9.17, 15) is 5.11 Å². The number of rotatable bonds is 4. The molecule has 1 aromatic rings. The van der Waals surface area contributed by atoms with Crippen LogP contribution in [-0.2, 0) is 0 Å². The van der Waals surface area contributed by atoms with Gasteiger partial charge in [-0.3, -0.25) is 0 Å². The molecule has 3 rings (SSSR count). The smallest absolute Gasteiger partial charge is 0.137 e. The maximum atomic E-state index is 10.6. The Hall–Kier alpha value is -0.870. The van der Waals surface area contributed by atoms with Crippen molar-refractivity contribution in [3.05, 3.63) is 16.5 Å². The van der Waals surface area contributed by atoms with Gasteiger partial charge in [0.2, 0.25) is 0 Å². The van der Waals surface area contributed by atoms with E-state index in [1.165, 1.54) is 0 Å². The van der Waals surface area contributed by atoms with Gasteiger partial charge in [-0.15, -0.1) is 0 Å². The van der Waals surface area contributed by atoms with E-state index in [-0.39, 0.29) is 0 Å². The third-order valence-corrected chi connectivity index (χ3v) is 4.82. The Kier molecular flexibility index (Phi) is 3.63. The summed E-state index contributed by atoms with van der Waals surface area (Å²) in [5.41, 5.74) is 0.332. The Bertz CT molecular complexity index is 510. The zero-order chi connectivity index (χ0) is 14.3. The molecule has 0 atom stereocenters. The topological polar surface area (TPSA) is 49.2 Å². The Balaban J connectivity index is 1.84. The van der Waals surface area contributed by atoms with Crippen LogP contribution < -0.4 is 4.90 Å². The van der Waals surface area contributed by atoms with Gasteiger partial charge in [-0.1, -0.05) is 24.4 Å². The number of anilines is 1. The number of hydrogen-bond acceptors (Lipinski definition) is 4. The number of aliphatic hydroxyl groups is 1. The summed E-state index contributed by atoms with van der Waals surface area (Å²) >= 11 is 6.25. The highest BCUT2D eigenvalue weighted by molar-refractivity contribution is 6.30. The standard InChI is InChI=1S/C15H22ClN3O/c1-10-12(16)17-13(11-5-6-11)18-14(10)19(2)9-15(20)7-3-4-8-15/h11,20H,3-9H2,1-2H3. The Morgan fingerprint density at radius 1 is 1.30 bits per heavy atom. The minimum absolute atomic E-state index is 0.481. The van der Waals surface area contributed by atoms with Gasteiger partial charge in [0.25, 0.3) is 0 Å². The minimum Gasteiger partial charge on any atom is -0.388 e. The van der Waals surface area contributed by atoms with E-state index in [1.54, 1.807) is 0 Å². The lowest BCUT2D eigenvalue weighted by Gasteiger charge is -2.30. The maximum absolute atomic E-state index is 10.6. The molecule has 2 saturated carbocycles. The van der Waals surface area contributed by atoms with Crippen LogP contribution in [0.25, 0.3) is 0 Å². The molecule has 5 heteroatoms. The van der Waals surface area contributed by atoms with Crippen LogP contribution in [0.4, 0.5) is 5.82 Å². The fourth-order valence-corrected chi connectivity index (χ4v) is 3.27. The molecule has 0 saturated heterocycles. The molecule has 110 valence electrons. The summed E-state index contributed by atoms with van der Waals surface area (Å²) in [6, 6.07) is 0. The SMILES string of the molecule is Cc1c(Cl)nc(C2CC2)nc1N(C)CC1(O)CCCC1. The molecule has 2 fully saturated rings. The van der Waals surface area contributed by atoms with Gasteiger partial charge in [-0.05, 0) is 32.6 Å². The predicted molar refractivity (Wildman–Crippen MR) is 80.4 cm³/mol. The van der Waals surface area contributed by atoms with E-state index in [0.29, 0.717) is 17.6 Å². The molecule has 0 spiro atoms. The van der Waals surface area contributed by atoms with Gasteiger partial charge in [-0.25, -0.2) is 9.97 Å². The summed E-state index contributed by atoms with van der Waals surface area (Å²) in [5, 5.41) is 11.1. The summed E-state index contributed by atoms with van der Waals surface area (Å²) < 4.78 is 0. The Morgan fingerprint density at radius 2 is 1.95 bits per heavy atom. The zero-order valence-electron chi connectivity index (χ0n) is 12.2. The molecule has 20 heavy (non-hydrogen) atoms. The fourth-order valence-electron chi connectivity index (χ4n) is 3.10. The summed E-state index contributed by atoms with van der Waals surface area (Å²) in [5.74, 6) is 2.21. The van der Waals surface area contributed by atoms with Crippen molar-refractivity contribution in [3.63, 3.8) is 0 Å². The fraction of sp³-hybridized carbons (Fsp3) is 0.733. The molecule has 2 aliphatic rings. The third kappa shape index (κ3) is 2.77. The van der Waals surface area contributed by atoms with Crippen LogP contribution in [0.5, 0.6) is 0 Å². The van der Waals surface area contributed by atoms with E-state index in [0.717, 1.165) is 55.7 Å². The molecule has 0 bridgehead atoms. The van der Waals surface area contributed by atoms with Crippen LogP contribution in [0.15, 0.2) is 0 Å². The third-order valence-electron chi connectivity index (χ3n) is 4.45. The second kappa shape index (κ2) is 5.15. The van der Waals surface area contributed by atoms with E-state index >= 15 is 0 Å². The van der Waals surface area contributed by atoms with Gasteiger partial charge in [-0.2, -0.15) is 0 Å². The van der Waals surface area contributed by atoms with Crippen molar-refractivity contribution in [3.8, 4) is 0 Å². The first-order valence-electron chi connectivity index (χ1n) is 7.46. The van der Waals surface area contributed by atoms with Crippen LogP contribution in [0.2, 0.25) is 5.15 Å². The number of hydrogen-bond donors (Lipinski definition) is 1. The highest BCUT2D eigenvalue weighted by atomic mass is 35.5.